The van der Waals surface area contributed by atoms with Crippen molar-refractivity contribution in [2.75, 3.05) is 14.2 Å². The minimum atomic E-state index is 0.381. The van der Waals surface area contributed by atoms with E-state index in [0.29, 0.717) is 18.1 Å². The molecule has 0 unspecified atom stereocenters. The summed E-state index contributed by atoms with van der Waals surface area (Å²) in [5.41, 5.74) is 2.97. The highest BCUT2D eigenvalue weighted by atomic mass is 16.5. The van der Waals surface area contributed by atoms with Gasteiger partial charge in [0.05, 0.1) is 25.3 Å². The summed E-state index contributed by atoms with van der Waals surface area (Å²) < 4.78 is 16.4. The lowest BCUT2D eigenvalue weighted by atomic mass is 10.2. The monoisotopic (exact) mass is 312 g/mol. The van der Waals surface area contributed by atoms with Crippen LogP contribution >= 0.6 is 0 Å². The molecule has 0 amide bonds. The summed E-state index contributed by atoms with van der Waals surface area (Å²) in [6.07, 6.45) is 0.988. The van der Waals surface area contributed by atoms with Crippen LogP contribution in [0.3, 0.4) is 0 Å². The molecule has 1 N–H and O–H groups in total. The average Bonchev–Trinajstić information content (AvgIpc) is 3.00. The molecule has 0 radical (unpaired) electrons. The van der Waals surface area contributed by atoms with Crippen LogP contribution in [0.25, 0.3) is 11.0 Å². The highest BCUT2D eigenvalue weighted by Crippen LogP contribution is 2.31. The highest BCUT2D eigenvalue weighted by Gasteiger charge is 2.10. The molecule has 0 aliphatic rings. The fourth-order valence-corrected chi connectivity index (χ4v) is 2.46. The van der Waals surface area contributed by atoms with E-state index in [4.69, 9.17) is 14.2 Å². The molecule has 0 atom stereocenters. The molecule has 3 aromatic rings. The number of nitrogens with one attached hydrogen (secondary N) is 1. The maximum atomic E-state index is 5.82. The maximum absolute atomic E-state index is 5.82. The van der Waals surface area contributed by atoms with Crippen molar-refractivity contribution in [2.45, 2.75) is 20.0 Å². The molecule has 1 heterocycles. The third-order valence-corrected chi connectivity index (χ3v) is 3.72. The van der Waals surface area contributed by atoms with Crippen LogP contribution < -0.4 is 14.2 Å². The van der Waals surface area contributed by atoms with Crippen LogP contribution in [0, 0.1) is 0 Å². The third kappa shape index (κ3) is 3.23. The van der Waals surface area contributed by atoms with Crippen LogP contribution in [-0.4, -0.2) is 24.2 Å². The average molecular weight is 312 g/mol. The number of imidazole rings is 1. The number of hydrogen-bond donors (Lipinski definition) is 1. The molecule has 0 aliphatic carbocycles. The van der Waals surface area contributed by atoms with Crippen molar-refractivity contribution < 1.29 is 14.2 Å². The number of methoxy groups -OCH3 is 2. The largest absolute Gasteiger partial charge is 0.493 e. The van der Waals surface area contributed by atoms with Crippen molar-refractivity contribution in [3.05, 3.63) is 47.8 Å². The lowest BCUT2D eigenvalue weighted by molar-refractivity contribution is 0.297. The molecule has 0 saturated heterocycles. The molecule has 2 aromatic carbocycles. The van der Waals surface area contributed by atoms with E-state index in [0.717, 1.165) is 29.0 Å². The summed E-state index contributed by atoms with van der Waals surface area (Å²) in [4.78, 5) is 7.79. The normalized spacial score (nSPS) is 10.7. The van der Waals surface area contributed by atoms with Gasteiger partial charge in [-0.3, -0.25) is 0 Å². The predicted molar refractivity (Wildman–Crippen MR) is 89.3 cm³/mol. The van der Waals surface area contributed by atoms with Crippen molar-refractivity contribution >= 4 is 11.0 Å². The number of H-pyrrole nitrogens is 1. The standard InChI is InChI=1S/C18H20N2O3/c1-4-12-6-5-7-13(8-12)23-11-18-19-14-9-16(21-2)17(22-3)10-15(14)20-18/h5-10H,4,11H2,1-3H3,(H,19,20). The van der Waals surface area contributed by atoms with E-state index in [1.807, 2.05) is 24.3 Å². The molecule has 0 spiro atoms. The summed E-state index contributed by atoms with van der Waals surface area (Å²) >= 11 is 0. The van der Waals surface area contributed by atoms with Gasteiger partial charge in [0.1, 0.15) is 18.2 Å². The number of aromatic nitrogens is 2. The van der Waals surface area contributed by atoms with Crippen LogP contribution in [0.2, 0.25) is 0 Å². The van der Waals surface area contributed by atoms with Gasteiger partial charge >= 0.3 is 0 Å². The van der Waals surface area contributed by atoms with Crippen molar-refractivity contribution in [1.82, 2.24) is 9.97 Å². The Labute approximate surface area is 135 Å². The third-order valence-electron chi connectivity index (χ3n) is 3.72. The van der Waals surface area contributed by atoms with Gasteiger partial charge in [-0.15, -0.1) is 0 Å². The predicted octanol–water partition coefficient (Wildman–Crippen LogP) is 3.72. The molecule has 0 aliphatic heterocycles. The topological polar surface area (TPSA) is 56.4 Å². The number of rotatable bonds is 6. The summed E-state index contributed by atoms with van der Waals surface area (Å²) in [5, 5.41) is 0. The second kappa shape index (κ2) is 6.60. The van der Waals surface area contributed by atoms with Gasteiger partial charge in [0.2, 0.25) is 0 Å². The van der Waals surface area contributed by atoms with Gasteiger partial charge in [0.15, 0.2) is 11.5 Å². The summed E-state index contributed by atoms with van der Waals surface area (Å²) in [6, 6.07) is 11.8. The van der Waals surface area contributed by atoms with E-state index in [-0.39, 0.29) is 0 Å². The molecule has 1 aromatic heterocycles. The molecule has 0 bridgehead atoms. The van der Waals surface area contributed by atoms with E-state index in [1.165, 1.54) is 5.56 Å². The van der Waals surface area contributed by atoms with Crippen molar-refractivity contribution in [1.29, 1.82) is 0 Å². The van der Waals surface area contributed by atoms with Crippen LogP contribution in [0.1, 0.15) is 18.3 Å². The van der Waals surface area contributed by atoms with Gasteiger partial charge in [-0.05, 0) is 24.1 Å². The van der Waals surface area contributed by atoms with E-state index < -0.39 is 0 Å². The van der Waals surface area contributed by atoms with Gasteiger partial charge in [0.25, 0.3) is 0 Å². The van der Waals surface area contributed by atoms with Gasteiger partial charge in [-0.2, -0.15) is 0 Å². The maximum Gasteiger partial charge on any atom is 0.163 e. The Morgan fingerprint density at radius 1 is 1.04 bits per heavy atom. The molecule has 5 nitrogen and oxygen atoms in total. The molecule has 3 rings (SSSR count). The van der Waals surface area contributed by atoms with E-state index >= 15 is 0 Å². The summed E-state index contributed by atoms with van der Waals surface area (Å²) in [6.45, 7) is 2.51. The minimum absolute atomic E-state index is 0.381. The molecule has 0 saturated carbocycles. The summed E-state index contributed by atoms with van der Waals surface area (Å²) in [5.74, 6) is 2.94. The number of ether oxygens (including phenoxy) is 3. The molecular weight excluding hydrogens is 292 g/mol. The Morgan fingerprint density at radius 2 is 1.83 bits per heavy atom. The van der Waals surface area contributed by atoms with E-state index in [2.05, 4.69) is 29.0 Å². The van der Waals surface area contributed by atoms with Gasteiger partial charge in [-0.1, -0.05) is 19.1 Å². The first-order chi connectivity index (χ1) is 11.2. The molecule has 120 valence electrons. The lowest BCUT2D eigenvalue weighted by Crippen LogP contribution is -1.97. The smallest absolute Gasteiger partial charge is 0.163 e. The summed E-state index contributed by atoms with van der Waals surface area (Å²) in [7, 11) is 3.23. The minimum Gasteiger partial charge on any atom is -0.493 e. The Bertz CT molecular complexity index is 770. The number of benzene rings is 2. The molecular formula is C18H20N2O3. The number of fused-ring (bicyclic) bond motifs is 1. The Morgan fingerprint density at radius 3 is 2.57 bits per heavy atom. The van der Waals surface area contributed by atoms with E-state index in [1.54, 1.807) is 14.2 Å². The fraction of sp³-hybridized carbons (Fsp3) is 0.278. The number of aryl methyl sites for hydroxylation is 1. The Balaban J connectivity index is 1.80. The van der Waals surface area contributed by atoms with Crippen LogP contribution in [0.4, 0.5) is 0 Å². The molecule has 5 heteroatoms. The zero-order valence-corrected chi connectivity index (χ0v) is 13.6. The molecule has 0 fully saturated rings. The number of nitrogens with zero attached hydrogens (tertiary/aromatic N) is 1. The first-order valence-corrected chi connectivity index (χ1v) is 7.56. The van der Waals surface area contributed by atoms with Crippen molar-refractivity contribution in [3.8, 4) is 17.2 Å². The van der Waals surface area contributed by atoms with Crippen LogP contribution in [0.15, 0.2) is 36.4 Å². The van der Waals surface area contributed by atoms with Gasteiger partial charge < -0.3 is 19.2 Å². The van der Waals surface area contributed by atoms with Crippen molar-refractivity contribution in [2.24, 2.45) is 0 Å². The Hall–Kier alpha value is -2.69. The second-order valence-electron chi connectivity index (χ2n) is 5.20. The molecule has 23 heavy (non-hydrogen) atoms. The van der Waals surface area contributed by atoms with Crippen LogP contribution in [0.5, 0.6) is 17.2 Å². The first-order valence-electron chi connectivity index (χ1n) is 7.56. The highest BCUT2D eigenvalue weighted by molar-refractivity contribution is 5.79. The number of hydrogen-bond acceptors (Lipinski definition) is 4. The van der Waals surface area contributed by atoms with Gasteiger partial charge in [-0.25, -0.2) is 4.98 Å². The lowest BCUT2D eigenvalue weighted by Gasteiger charge is -2.06. The van der Waals surface area contributed by atoms with Crippen molar-refractivity contribution in [3.63, 3.8) is 0 Å². The quantitative estimate of drug-likeness (QED) is 0.753. The second-order valence-corrected chi connectivity index (χ2v) is 5.20. The first kappa shape index (κ1) is 15.2. The van der Waals surface area contributed by atoms with Gasteiger partial charge in [0, 0.05) is 12.1 Å². The SMILES string of the molecule is CCc1cccc(OCc2nc3cc(OC)c(OC)cc3[nH]2)c1. The number of aromatic amines is 1. The van der Waals surface area contributed by atoms with E-state index in [9.17, 15) is 0 Å². The fourth-order valence-electron chi connectivity index (χ4n) is 2.46. The van der Waals surface area contributed by atoms with Crippen LogP contribution in [-0.2, 0) is 13.0 Å². The zero-order chi connectivity index (χ0) is 16.2. The Kier molecular flexibility index (Phi) is 4.37. The zero-order valence-electron chi connectivity index (χ0n) is 13.6.